The Morgan fingerprint density at radius 3 is 2.45 bits per heavy atom. The van der Waals surface area contributed by atoms with Gasteiger partial charge in [0, 0.05) is 0 Å². The van der Waals surface area contributed by atoms with E-state index in [0.29, 0.717) is 23.7 Å². The minimum absolute atomic E-state index is 0.0556. The van der Waals surface area contributed by atoms with Crippen LogP contribution in [-0.2, 0) is 17.9 Å². The molecule has 3 aromatic carbocycles. The molecule has 0 aliphatic carbocycles. The normalized spacial score (nSPS) is 13.4. The number of benzene rings is 3. The molecule has 4 aromatic rings. The molecule has 5 rings (SSSR count). The van der Waals surface area contributed by atoms with E-state index in [1.54, 1.807) is 61.7 Å². The van der Waals surface area contributed by atoms with Gasteiger partial charge in [0.2, 0.25) is 5.91 Å². The van der Waals surface area contributed by atoms with Crippen LogP contribution in [0.15, 0.2) is 76.3 Å². The van der Waals surface area contributed by atoms with E-state index in [0.717, 1.165) is 36.1 Å². The van der Waals surface area contributed by atoms with Crippen molar-refractivity contribution >= 4 is 22.5 Å². The third kappa shape index (κ3) is 5.86. The second-order valence-corrected chi connectivity index (χ2v) is 9.72. The number of para-hydroxylation sites is 3. The molecule has 0 unspecified atom stereocenters. The maximum absolute atomic E-state index is 13.6. The van der Waals surface area contributed by atoms with E-state index in [2.05, 4.69) is 10.2 Å². The summed E-state index contributed by atoms with van der Waals surface area (Å²) in [5, 5.41) is 13.7. The Balaban J connectivity index is 1.38. The highest BCUT2D eigenvalue weighted by molar-refractivity contribution is 5.93. The van der Waals surface area contributed by atoms with Gasteiger partial charge in [-0.25, -0.2) is 4.79 Å². The van der Waals surface area contributed by atoms with Gasteiger partial charge in [0.05, 0.1) is 37.8 Å². The lowest BCUT2D eigenvalue weighted by Crippen LogP contribution is -2.41. The Morgan fingerprint density at radius 2 is 1.70 bits per heavy atom. The second-order valence-electron chi connectivity index (χ2n) is 9.72. The Labute approximate surface area is 231 Å². The maximum Gasteiger partial charge on any atom is 0.332 e. The number of amides is 1. The predicted molar refractivity (Wildman–Crippen MR) is 152 cm³/mol. The van der Waals surface area contributed by atoms with Gasteiger partial charge in [-0.15, -0.1) is 0 Å². The van der Waals surface area contributed by atoms with Crippen LogP contribution < -0.4 is 26.0 Å². The number of aromatic hydroxyl groups is 1. The van der Waals surface area contributed by atoms with E-state index < -0.39 is 11.2 Å². The lowest BCUT2D eigenvalue weighted by molar-refractivity contribution is -0.117. The molecule has 1 aliphatic rings. The lowest BCUT2D eigenvalue weighted by Gasteiger charge is -2.17. The highest BCUT2D eigenvalue weighted by Crippen LogP contribution is 2.25. The van der Waals surface area contributed by atoms with Crippen molar-refractivity contribution in [2.24, 2.45) is 0 Å². The number of methoxy groups -OCH3 is 1. The van der Waals surface area contributed by atoms with Crippen LogP contribution in [0, 0.1) is 0 Å². The quantitative estimate of drug-likeness (QED) is 0.315. The minimum atomic E-state index is -0.564. The molecule has 0 radical (unpaired) electrons. The minimum Gasteiger partial charge on any atom is -0.506 e. The van der Waals surface area contributed by atoms with Gasteiger partial charge in [0.1, 0.15) is 29.4 Å². The maximum atomic E-state index is 13.6. The van der Waals surface area contributed by atoms with E-state index in [4.69, 9.17) is 9.47 Å². The van der Waals surface area contributed by atoms with Crippen LogP contribution in [0.4, 0.5) is 5.69 Å². The number of ether oxygens (including phenoxy) is 2. The van der Waals surface area contributed by atoms with Gasteiger partial charge in [-0.3, -0.25) is 23.6 Å². The van der Waals surface area contributed by atoms with E-state index in [1.807, 2.05) is 6.07 Å². The number of hydrogen-bond donors (Lipinski definition) is 2. The fourth-order valence-electron chi connectivity index (χ4n) is 5.00. The summed E-state index contributed by atoms with van der Waals surface area (Å²) in [7, 11) is 1.57. The molecule has 2 heterocycles. The zero-order valence-electron chi connectivity index (χ0n) is 22.3. The molecular formula is C30H32N4O6. The summed E-state index contributed by atoms with van der Waals surface area (Å²) in [4.78, 5) is 41.6. The van der Waals surface area contributed by atoms with E-state index in [-0.39, 0.29) is 42.3 Å². The second kappa shape index (κ2) is 12.1. The van der Waals surface area contributed by atoms with Gasteiger partial charge in [0.25, 0.3) is 5.56 Å². The van der Waals surface area contributed by atoms with Crippen LogP contribution in [-0.4, -0.2) is 58.4 Å². The summed E-state index contributed by atoms with van der Waals surface area (Å²) < 4.78 is 13.7. The molecule has 1 saturated heterocycles. The Hall–Kier alpha value is -4.57. The molecule has 1 aliphatic heterocycles. The van der Waals surface area contributed by atoms with Crippen LogP contribution in [0.1, 0.15) is 18.4 Å². The van der Waals surface area contributed by atoms with Gasteiger partial charge >= 0.3 is 5.69 Å². The Bertz CT molecular complexity index is 1620. The monoisotopic (exact) mass is 544 g/mol. The number of phenolic OH excluding ortho intramolecular Hbond substituents is 1. The molecule has 10 nitrogen and oxygen atoms in total. The van der Waals surface area contributed by atoms with Crippen LogP contribution in [0.5, 0.6) is 17.2 Å². The number of likely N-dealkylation sites (tertiary alicyclic amines) is 1. The lowest BCUT2D eigenvalue weighted by atomic mass is 10.2. The molecule has 1 aromatic heterocycles. The first kappa shape index (κ1) is 27.0. The zero-order valence-corrected chi connectivity index (χ0v) is 22.3. The number of phenols is 1. The number of carbonyl (C=O) groups is 1. The Kier molecular flexibility index (Phi) is 8.16. The summed E-state index contributed by atoms with van der Waals surface area (Å²) in [6, 6.07) is 18.8. The number of fused-ring (bicyclic) bond motifs is 1. The van der Waals surface area contributed by atoms with Crippen molar-refractivity contribution in [3.63, 3.8) is 0 Å². The predicted octanol–water partition coefficient (Wildman–Crippen LogP) is 3.04. The van der Waals surface area contributed by atoms with Crippen molar-refractivity contribution in [1.82, 2.24) is 14.0 Å². The molecule has 1 fully saturated rings. The van der Waals surface area contributed by atoms with Gasteiger partial charge in [-0.05, 0) is 67.9 Å². The number of nitrogens with zero attached hydrogens (tertiary/aromatic N) is 3. The van der Waals surface area contributed by atoms with Crippen LogP contribution in [0.25, 0.3) is 10.9 Å². The van der Waals surface area contributed by atoms with Crippen LogP contribution in [0.2, 0.25) is 0 Å². The first-order valence-electron chi connectivity index (χ1n) is 13.3. The van der Waals surface area contributed by atoms with Crippen molar-refractivity contribution in [3.8, 4) is 17.2 Å². The van der Waals surface area contributed by atoms with Crippen molar-refractivity contribution in [2.75, 3.05) is 38.7 Å². The molecule has 40 heavy (non-hydrogen) atoms. The van der Waals surface area contributed by atoms with Gasteiger partial charge in [0.15, 0.2) is 0 Å². The fraction of sp³-hybridized carbons (Fsp3) is 0.300. The summed E-state index contributed by atoms with van der Waals surface area (Å²) in [5.41, 5.74) is 0.386. The third-order valence-electron chi connectivity index (χ3n) is 7.02. The van der Waals surface area contributed by atoms with Gasteiger partial charge in [-0.1, -0.05) is 30.3 Å². The molecule has 0 bridgehead atoms. The first-order chi connectivity index (χ1) is 19.4. The topological polar surface area (TPSA) is 115 Å². The van der Waals surface area contributed by atoms with Crippen molar-refractivity contribution < 1.29 is 19.4 Å². The number of nitrogens with one attached hydrogen (secondary N) is 1. The summed E-state index contributed by atoms with van der Waals surface area (Å²) in [5.74, 6) is 0.848. The van der Waals surface area contributed by atoms with E-state index in [1.165, 1.54) is 10.6 Å². The van der Waals surface area contributed by atoms with E-state index >= 15 is 0 Å². The molecule has 0 atom stereocenters. The standard InChI is InChI=1S/C30H32N4O6/c1-39-22-13-11-21(12-14-22)19-34-29(37)23-7-6-9-25(35)28(23)33(30(34)38)17-18-40-26-10-3-2-8-24(26)31-27(36)20-32-15-4-5-16-32/h2-3,6-14,35H,4-5,15-20H2,1H3,(H,31,36). The molecule has 2 N–H and O–H groups in total. The molecule has 10 heteroatoms. The average Bonchev–Trinajstić information content (AvgIpc) is 3.47. The fourth-order valence-corrected chi connectivity index (χ4v) is 5.00. The SMILES string of the molecule is COc1ccc(Cn2c(=O)c3cccc(O)c3n(CCOc3ccccc3NC(=O)CN3CCCC3)c2=O)cc1. The number of rotatable bonds is 10. The highest BCUT2D eigenvalue weighted by Gasteiger charge is 2.18. The highest BCUT2D eigenvalue weighted by atomic mass is 16.5. The molecule has 208 valence electrons. The number of aromatic nitrogens is 2. The zero-order chi connectivity index (χ0) is 28.1. The molecule has 1 amide bonds. The molecule has 0 saturated carbocycles. The van der Waals surface area contributed by atoms with Crippen molar-refractivity contribution in [3.05, 3.63) is 93.1 Å². The molecule has 0 spiro atoms. The number of carbonyl (C=O) groups excluding carboxylic acids is 1. The van der Waals surface area contributed by atoms with E-state index in [9.17, 15) is 19.5 Å². The third-order valence-corrected chi connectivity index (χ3v) is 7.02. The smallest absolute Gasteiger partial charge is 0.332 e. The summed E-state index contributed by atoms with van der Waals surface area (Å²) in [6.45, 7) is 2.34. The average molecular weight is 545 g/mol. The van der Waals surface area contributed by atoms with Crippen LogP contribution >= 0.6 is 0 Å². The van der Waals surface area contributed by atoms with Gasteiger partial charge < -0.3 is 19.9 Å². The van der Waals surface area contributed by atoms with Gasteiger partial charge in [-0.2, -0.15) is 0 Å². The van der Waals surface area contributed by atoms with Crippen LogP contribution in [0.3, 0.4) is 0 Å². The summed E-state index contributed by atoms with van der Waals surface area (Å²) >= 11 is 0. The van der Waals surface area contributed by atoms with Crippen molar-refractivity contribution in [2.45, 2.75) is 25.9 Å². The number of anilines is 1. The summed E-state index contributed by atoms with van der Waals surface area (Å²) in [6.07, 6.45) is 2.20. The van der Waals surface area contributed by atoms with Crippen molar-refractivity contribution in [1.29, 1.82) is 0 Å². The molecular weight excluding hydrogens is 512 g/mol. The Morgan fingerprint density at radius 1 is 0.950 bits per heavy atom. The first-order valence-corrected chi connectivity index (χ1v) is 13.3. The largest absolute Gasteiger partial charge is 0.506 e. The number of hydrogen-bond acceptors (Lipinski definition) is 7.